The average Bonchev–Trinajstić information content (AvgIpc) is 3.40. The molecule has 1 fully saturated rings. The number of hydrogen-bond donors (Lipinski definition) is 1. The van der Waals surface area contributed by atoms with E-state index in [1.54, 1.807) is 24.3 Å². The molecule has 0 radical (unpaired) electrons. The molecule has 0 spiro atoms. The molecule has 3 amide bonds. The van der Waals surface area contributed by atoms with Crippen molar-refractivity contribution >= 4 is 69.5 Å². The molecule has 3 atom stereocenters. The van der Waals surface area contributed by atoms with Gasteiger partial charge in [0, 0.05) is 33.6 Å². The van der Waals surface area contributed by atoms with E-state index in [2.05, 4.69) is 5.32 Å². The van der Waals surface area contributed by atoms with Gasteiger partial charge >= 0.3 is 4.87 Å². The highest BCUT2D eigenvalue weighted by Gasteiger charge is 2.56. The van der Waals surface area contributed by atoms with Crippen LogP contribution in [-0.4, -0.2) is 32.5 Å². The number of nitrogens with one attached hydrogen (secondary N) is 1. The van der Waals surface area contributed by atoms with Crippen LogP contribution in [0.1, 0.15) is 16.4 Å². The lowest BCUT2D eigenvalue weighted by Crippen LogP contribution is -2.33. The second-order valence-electron chi connectivity index (χ2n) is 9.42. The third-order valence-corrected chi connectivity index (χ3v) is 9.81. The Bertz CT molecular complexity index is 1760. The number of nitrogens with zero attached hydrogens (tertiary/aromatic N) is 3. The van der Waals surface area contributed by atoms with E-state index in [0.29, 0.717) is 20.6 Å². The van der Waals surface area contributed by atoms with Crippen molar-refractivity contribution in [1.82, 2.24) is 4.57 Å². The normalized spacial score (nSPS) is 19.5. The summed E-state index contributed by atoms with van der Waals surface area (Å²) in [7, 11) is 0. The van der Waals surface area contributed by atoms with Crippen LogP contribution in [0, 0.1) is 16.0 Å². The minimum Gasteiger partial charge on any atom is -0.325 e. The number of non-ortho nitro benzene ring substituents is 1. The van der Waals surface area contributed by atoms with E-state index in [1.807, 2.05) is 30.3 Å². The molecule has 0 bridgehead atoms. The van der Waals surface area contributed by atoms with E-state index in [9.17, 15) is 29.3 Å². The van der Waals surface area contributed by atoms with Gasteiger partial charge in [0.25, 0.3) is 5.69 Å². The van der Waals surface area contributed by atoms with Crippen molar-refractivity contribution in [2.45, 2.75) is 22.7 Å². The molecule has 1 N–H and O–H groups in total. The molecule has 2 unspecified atom stereocenters. The minimum absolute atomic E-state index is 0.162. The van der Waals surface area contributed by atoms with Gasteiger partial charge in [-0.1, -0.05) is 65.0 Å². The Morgan fingerprint density at radius 1 is 0.951 bits per heavy atom. The van der Waals surface area contributed by atoms with Gasteiger partial charge in [-0.3, -0.25) is 33.9 Å². The van der Waals surface area contributed by atoms with Gasteiger partial charge in [-0.05, 0) is 42.0 Å². The van der Waals surface area contributed by atoms with Crippen molar-refractivity contribution in [2.24, 2.45) is 5.92 Å². The Hall–Kier alpha value is -4.26. The smallest absolute Gasteiger partial charge is 0.308 e. The van der Waals surface area contributed by atoms with Gasteiger partial charge in [-0.15, -0.1) is 0 Å². The molecule has 1 saturated heterocycles. The number of carbonyl (C=O) groups excluding carboxylic acids is 3. The van der Waals surface area contributed by atoms with Crippen LogP contribution < -0.4 is 15.1 Å². The van der Waals surface area contributed by atoms with Crippen molar-refractivity contribution in [3.05, 3.63) is 114 Å². The predicted octanol–water partition coefficient (Wildman–Crippen LogP) is 4.91. The summed E-state index contributed by atoms with van der Waals surface area (Å²) in [6.45, 7) is -0.284. The standard InChI is InChI=1S/C28H19ClN4O6S2/c29-16-6-8-17(9-7-16)30-20(34)14-31-27-24(41-28(31)37)21(15-4-2-1-3-5-15)22-23(40-27)26(36)32(25(22)35)18-10-12-19(13-11-18)33(38)39/h1-13,21-23H,14H2,(H,30,34)/t21-,22?,23?/m0/s1. The molecule has 3 aromatic carbocycles. The first-order chi connectivity index (χ1) is 19.7. The van der Waals surface area contributed by atoms with Gasteiger partial charge in [-0.2, -0.15) is 0 Å². The molecule has 206 valence electrons. The highest BCUT2D eigenvalue weighted by Crippen LogP contribution is 2.53. The molecule has 41 heavy (non-hydrogen) atoms. The van der Waals surface area contributed by atoms with Gasteiger partial charge in [0.05, 0.1) is 21.6 Å². The van der Waals surface area contributed by atoms with Crippen molar-refractivity contribution in [3.63, 3.8) is 0 Å². The van der Waals surface area contributed by atoms with Crippen molar-refractivity contribution in [3.8, 4) is 0 Å². The van der Waals surface area contributed by atoms with Gasteiger partial charge in [0.2, 0.25) is 17.7 Å². The molecule has 6 rings (SSSR count). The Kier molecular flexibility index (Phi) is 6.98. The van der Waals surface area contributed by atoms with Crippen LogP contribution in [0.3, 0.4) is 0 Å². The van der Waals surface area contributed by atoms with Crippen molar-refractivity contribution in [2.75, 3.05) is 10.2 Å². The van der Waals surface area contributed by atoms with Crippen LogP contribution in [-0.2, 0) is 20.9 Å². The van der Waals surface area contributed by atoms with Gasteiger partial charge < -0.3 is 5.32 Å². The number of benzene rings is 3. The quantitative estimate of drug-likeness (QED) is 0.187. The fourth-order valence-electron chi connectivity index (χ4n) is 5.13. The molecular weight excluding hydrogens is 588 g/mol. The van der Waals surface area contributed by atoms with Gasteiger partial charge in [0.1, 0.15) is 11.8 Å². The average molecular weight is 607 g/mol. The molecule has 1 aromatic heterocycles. The monoisotopic (exact) mass is 606 g/mol. The van der Waals surface area contributed by atoms with Crippen LogP contribution in [0.5, 0.6) is 0 Å². The van der Waals surface area contributed by atoms with Crippen LogP contribution >= 0.6 is 34.7 Å². The van der Waals surface area contributed by atoms with E-state index in [1.165, 1.54) is 28.8 Å². The lowest BCUT2D eigenvalue weighted by Gasteiger charge is -2.30. The topological polar surface area (TPSA) is 132 Å². The van der Waals surface area contributed by atoms with E-state index < -0.39 is 39.7 Å². The molecule has 0 aliphatic carbocycles. The lowest BCUT2D eigenvalue weighted by molar-refractivity contribution is -0.384. The van der Waals surface area contributed by atoms with Crippen LogP contribution in [0.2, 0.25) is 5.02 Å². The van der Waals surface area contributed by atoms with Crippen LogP contribution in [0.25, 0.3) is 0 Å². The highest BCUT2D eigenvalue weighted by molar-refractivity contribution is 8.00. The number of halogens is 1. The Morgan fingerprint density at radius 2 is 1.63 bits per heavy atom. The number of nitro benzene ring substituents is 1. The third-order valence-electron chi connectivity index (χ3n) is 6.96. The van der Waals surface area contributed by atoms with E-state index >= 15 is 0 Å². The maximum atomic E-state index is 13.9. The number of carbonyl (C=O) groups is 3. The summed E-state index contributed by atoms with van der Waals surface area (Å²) < 4.78 is 1.34. The molecule has 10 nitrogen and oxygen atoms in total. The zero-order valence-electron chi connectivity index (χ0n) is 20.9. The Labute approximate surface area is 245 Å². The van der Waals surface area contributed by atoms with E-state index in [0.717, 1.165) is 33.6 Å². The van der Waals surface area contributed by atoms with Crippen LogP contribution in [0.4, 0.5) is 17.1 Å². The first-order valence-electron chi connectivity index (χ1n) is 12.4. The number of thioether (sulfide) groups is 1. The maximum Gasteiger partial charge on any atom is 0.308 e. The molecular formula is C28H19ClN4O6S2. The SMILES string of the molecule is O=C(Cn1c2c(sc1=O)[C@@H](c1ccccc1)C1C(=O)N(c3ccc([N+](=O)[O-])cc3)C(=O)C1S2)Nc1ccc(Cl)cc1. The number of aromatic nitrogens is 1. The number of rotatable bonds is 6. The fraction of sp³-hybridized carbons (Fsp3) is 0.143. The molecule has 2 aliphatic heterocycles. The number of hydrogen-bond acceptors (Lipinski definition) is 8. The van der Waals surface area contributed by atoms with Crippen molar-refractivity contribution in [1.29, 1.82) is 0 Å². The Morgan fingerprint density at radius 3 is 2.29 bits per heavy atom. The number of amides is 3. The van der Waals surface area contributed by atoms with E-state index in [4.69, 9.17) is 11.6 Å². The number of thiazole rings is 1. The Balaban J connectivity index is 1.38. The zero-order valence-corrected chi connectivity index (χ0v) is 23.3. The van der Waals surface area contributed by atoms with Gasteiger partial charge in [-0.25, -0.2) is 4.90 Å². The number of imide groups is 1. The maximum absolute atomic E-state index is 13.9. The highest BCUT2D eigenvalue weighted by atomic mass is 35.5. The third kappa shape index (κ3) is 4.83. The van der Waals surface area contributed by atoms with Crippen molar-refractivity contribution < 1.29 is 19.3 Å². The molecule has 2 aliphatic rings. The molecule has 0 saturated carbocycles. The zero-order chi connectivity index (χ0) is 28.8. The number of nitro groups is 1. The summed E-state index contributed by atoms with van der Waals surface area (Å²) in [5, 5.41) is 14.0. The van der Waals surface area contributed by atoms with Gasteiger partial charge in [0.15, 0.2) is 0 Å². The summed E-state index contributed by atoms with van der Waals surface area (Å²) in [5.74, 6) is -2.78. The molecule has 4 aromatic rings. The number of anilines is 2. The van der Waals surface area contributed by atoms with E-state index in [-0.39, 0.29) is 22.8 Å². The fourth-order valence-corrected chi connectivity index (χ4v) is 8.03. The summed E-state index contributed by atoms with van der Waals surface area (Å²) >= 11 is 7.98. The largest absolute Gasteiger partial charge is 0.325 e. The lowest BCUT2D eigenvalue weighted by atomic mass is 9.83. The predicted molar refractivity (Wildman–Crippen MR) is 156 cm³/mol. The second kappa shape index (κ2) is 10.6. The van der Waals surface area contributed by atoms with Crippen LogP contribution in [0.15, 0.2) is 88.7 Å². The summed E-state index contributed by atoms with van der Waals surface area (Å²) in [5.41, 5.74) is 1.34. The summed E-state index contributed by atoms with van der Waals surface area (Å²) in [6, 6.07) is 21.0. The number of fused-ring (bicyclic) bond motifs is 2. The summed E-state index contributed by atoms with van der Waals surface area (Å²) in [4.78, 5) is 65.6. The first-order valence-corrected chi connectivity index (χ1v) is 14.4. The molecule has 13 heteroatoms. The minimum atomic E-state index is -0.866. The summed E-state index contributed by atoms with van der Waals surface area (Å²) in [6.07, 6.45) is 0. The first kappa shape index (κ1) is 26.9. The second-order valence-corrected chi connectivity index (χ2v) is 12.0. The molecule has 3 heterocycles.